The van der Waals surface area contributed by atoms with Crippen LogP contribution in [0.4, 0.5) is 0 Å². The van der Waals surface area contributed by atoms with Gasteiger partial charge in [-0.25, -0.2) is 4.98 Å². The smallest absolute Gasteiger partial charge is 0.272 e. The summed E-state index contributed by atoms with van der Waals surface area (Å²) in [5.41, 5.74) is 2.25. The van der Waals surface area contributed by atoms with Crippen LogP contribution in [-0.2, 0) is 6.54 Å². The number of rotatable bonds is 4. The molecule has 0 aliphatic carbocycles. The summed E-state index contributed by atoms with van der Waals surface area (Å²) in [4.78, 5) is 18.9. The molecule has 0 aromatic carbocycles. The first-order valence-electron chi connectivity index (χ1n) is 8.53. The first kappa shape index (κ1) is 18.2. The van der Waals surface area contributed by atoms with E-state index in [-0.39, 0.29) is 11.9 Å². The molecule has 0 saturated carbocycles. The zero-order valence-electron chi connectivity index (χ0n) is 14.7. The second-order valence-corrected chi connectivity index (χ2v) is 7.68. The maximum Gasteiger partial charge on any atom is 0.272 e. The molecule has 1 amide bonds. The molecule has 7 heteroatoms. The van der Waals surface area contributed by atoms with Gasteiger partial charge in [-0.15, -0.1) is 0 Å². The number of carbonyl (C=O) groups is 1. The minimum Gasteiger partial charge on any atom is -0.330 e. The van der Waals surface area contributed by atoms with Crippen LogP contribution in [-0.4, -0.2) is 32.1 Å². The molecule has 2 aromatic rings. The van der Waals surface area contributed by atoms with Crippen molar-refractivity contribution in [1.29, 1.82) is 0 Å². The second-order valence-electron chi connectivity index (χ2n) is 6.88. The third-order valence-corrected chi connectivity index (χ3v) is 5.06. The van der Waals surface area contributed by atoms with Gasteiger partial charge < -0.3 is 4.90 Å². The number of hydrogen-bond donors (Lipinski definition) is 0. The van der Waals surface area contributed by atoms with Crippen LogP contribution in [0, 0.1) is 12.8 Å². The summed E-state index contributed by atoms with van der Waals surface area (Å²) >= 11 is 12.5. The summed E-state index contributed by atoms with van der Waals surface area (Å²) in [5, 5.41) is 5.74. The standard InChI is InChI=1S/C18H22Cl2N4O/c1-11(2)10-24-17(20)16(12(3)22-24)15-5-4-8-23(15)18(25)14-7-6-13(19)9-21-14/h6-7,9,11,15H,4-5,8,10H2,1-3H3/t15-/m0/s1. The summed E-state index contributed by atoms with van der Waals surface area (Å²) < 4.78 is 1.85. The summed E-state index contributed by atoms with van der Waals surface area (Å²) in [7, 11) is 0. The number of halogens is 2. The summed E-state index contributed by atoms with van der Waals surface area (Å²) in [6.07, 6.45) is 3.32. The Labute approximate surface area is 157 Å². The molecular formula is C18H22Cl2N4O. The van der Waals surface area contributed by atoms with Gasteiger partial charge in [0, 0.05) is 24.8 Å². The first-order valence-corrected chi connectivity index (χ1v) is 9.29. The van der Waals surface area contributed by atoms with E-state index in [1.807, 2.05) is 16.5 Å². The Morgan fingerprint density at radius 2 is 2.12 bits per heavy atom. The van der Waals surface area contributed by atoms with Crippen LogP contribution in [0.5, 0.6) is 0 Å². The predicted octanol–water partition coefficient (Wildman–Crippen LogP) is 4.53. The van der Waals surface area contributed by atoms with Crippen molar-refractivity contribution in [3.8, 4) is 0 Å². The molecule has 3 rings (SSSR count). The molecule has 25 heavy (non-hydrogen) atoms. The minimum absolute atomic E-state index is 0.0570. The predicted molar refractivity (Wildman–Crippen MR) is 99.1 cm³/mol. The number of hydrogen-bond acceptors (Lipinski definition) is 3. The van der Waals surface area contributed by atoms with Crippen LogP contribution in [0.2, 0.25) is 10.2 Å². The van der Waals surface area contributed by atoms with Gasteiger partial charge >= 0.3 is 0 Å². The van der Waals surface area contributed by atoms with Gasteiger partial charge in [0.05, 0.1) is 16.8 Å². The molecule has 1 fully saturated rings. The lowest BCUT2D eigenvalue weighted by Gasteiger charge is -2.24. The quantitative estimate of drug-likeness (QED) is 0.782. The number of nitrogens with zero attached hydrogens (tertiary/aromatic N) is 4. The van der Waals surface area contributed by atoms with Crippen molar-refractivity contribution in [3.05, 3.63) is 45.5 Å². The Bertz CT molecular complexity index is 770. The lowest BCUT2D eigenvalue weighted by molar-refractivity contribution is 0.0729. The number of aromatic nitrogens is 3. The minimum atomic E-state index is -0.0914. The number of pyridine rings is 1. The van der Waals surface area contributed by atoms with Gasteiger partial charge in [0.25, 0.3) is 5.91 Å². The highest BCUT2D eigenvalue weighted by molar-refractivity contribution is 6.30. The second kappa shape index (κ2) is 7.34. The molecule has 0 N–H and O–H groups in total. The highest BCUT2D eigenvalue weighted by atomic mass is 35.5. The first-order chi connectivity index (χ1) is 11.9. The van der Waals surface area contributed by atoms with Gasteiger partial charge in [0.15, 0.2) is 0 Å². The molecule has 1 saturated heterocycles. The van der Waals surface area contributed by atoms with Crippen LogP contribution in [0.25, 0.3) is 0 Å². The van der Waals surface area contributed by atoms with E-state index in [2.05, 4.69) is 23.9 Å². The van der Waals surface area contributed by atoms with E-state index in [1.165, 1.54) is 6.20 Å². The Balaban J connectivity index is 1.90. The average molecular weight is 381 g/mol. The third kappa shape index (κ3) is 3.67. The fourth-order valence-electron chi connectivity index (χ4n) is 3.37. The van der Waals surface area contributed by atoms with Gasteiger partial charge in [-0.05, 0) is 37.8 Å². The molecule has 0 unspecified atom stereocenters. The Kier molecular flexibility index (Phi) is 5.35. The number of carbonyl (C=O) groups excluding carboxylic acids is 1. The summed E-state index contributed by atoms with van der Waals surface area (Å²) in [6, 6.07) is 3.29. The Morgan fingerprint density at radius 3 is 2.76 bits per heavy atom. The fraction of sp³-hybridized carbons (Fsp3) is 0.500. The molecule has 1 aliphatic heterocycles. The molecule has 5 nitrogen and oxygen atoms in total. The van der Waals surface area contributed by atoms with Gasteiger partial charge in [0.1, 0.15) is 10.8 Å². The normalized spacial score (nSPS) is 17.5. The maximum absolute atomic E-state index is 12.9. The molecule has 0 bridgehead atoms. The fourth-order valence-corrected chi connectivity index (χ4v) is 3.85. The number of amides is 1. The van der Waals surface area contributed by atoms with E-state index >= 15 is 0 Å². The van der Waals surface area contributed by atoms with Crippen molar-refractivity contribution < 1.29 is 4.79 Å². The molecule has 1 aliphatic rings. The van der Waals surface area contributed by atoms with Crippen molar-refractivity contribution in [2.45, 2.75) is 46.2 Å². The van der Waals surface area contributed by atoms with E-state index in [0.717, 1.165) is 30.6 Å². The van der Waals surface area contributed by atoms with E-state index < -0.39 is 0 Å². The molecule has 2 aromatic heterocycles. The van der Waals surface area contributed by atoms with E-state index in [9.17, 15) is 4.79 Å². The van der Waals surface area contributed by atoms with Gasteiger partial charge in [-0.2, -0.15) is 5.10 Å². The monoisotopic (exact) mass is 380 g/mol. The van der Waals surface area contributed by atoms with Gasteiger partial charge in [-0.3, -0.25) is 9.48 Å². The molecule has 0 spiro atoms. The average Bonchev–Trinajstić information content (AvgIpc) is 3.12. The van der Waals surface area contributed by atoms with Crippen LogP contribution in [0.15, 0.2) is 18.3 Å². The van der Waals surface area contributed by atoms with Gasteiger partial charge in [0.2, 0.25) is 0 Å². The number of likely N-dealkylation sites (tertiary alicyclic amines) is 1. The lowest BCUT2D eigenvalue weighted by Crippen LogP contribution is -2.31. The van der Waals surface area contributed by atoms with E-state index in [0.29, 0.717) is 28.3 Å². The third-order valence-electron chi connectivity index (χ3n) is 4.44. The van der Waals surface area contributed by atoms with Crippen molar-refractivity contribution in [2.24, 2.45) is 5.92 Å². The van der Waals surface area contributed by atoms with Crippen molar-refractivity contribution in [3.63, 3.8) is 0 Å². The van der Waals surface area contributed by atoms with E-state index in [1.54, 1.807) is 12.1 Å². The molecule has 0 radical (unpaired) electrons. The van der Waals surface area contributed by atoms with Crippen molar-refractivity contribution in [2.75, 3.05) is 6.54 Å². The van der Waals surface area contributed by atoms with Crippen LogP contribution >= 0.6 is 23.2 Å². The van der Waals surface area contributed by atoms with Crippen LogP contribution in [0.3, 0.4) is 0 Å². The Hall–Kier alpha value is -1.59. The zero-order chi connectivity index (χ0) is 18.1. The van der Waals surface area contributed by atoms with Gasteiger partial charge in [-0.1, -0.05) is 37.0 Å². The topological polar surface area (TPSA) is 51.0 Å². The van der Waals surface area contributed by atoms with Crippen molar-refractivity contribution >= 4 is 29.1 Å². The highest BCUT2D eigenvalue weighted by Crippen LogP contribution is 2.38. The molecule has 3 heterocycles. The molecule has 134 valence electrons. The highest BCUT2D eigenvalue weighted by Gasteiger charge is 2.35. The maximum atomic E-state index is 12.9. The van der Waals surface area contributed by atoms with Crippen LogP contribution < -0.4 is 0 Å². The summed E-state index contributed by atoms with van der Waals surface area (Å²) in [6.45, 7) is 7.67. The Morgan fingerprint density at radius 1 is 1.36 bits per heavy atom. The number of aryl methyl sites for hydroxylation is 1. The van der Waals surface area contributed by atoms with Crippen LogP contribution in [0.1, 0.15) is 54.5 Å². The molecule has 1 atom stereocenters. The summed E-state index contributed by atoms with van der Waals surface area (Å²) in [5.74, 6) is 0.357. The molecular weight excluding hydrogens is 359 g/mol. The zero-order valence-corrected chi connectivity index (χ0v) is 16.2. The van der Waals surface area contributed by atoms with E-state index in [4.69, 9.17) is 23.2 Å². The SMILES string of the molecule is Cc1nn(CC(C)C)c(Cl)c1[C@@H]1CCCN1C(=O)c1ccc(Cl)cn1. The lowest BCUT2D eigenvalue weighted by atomic mass is 10.1. The van der Waals surface area contributed by atoms with Crippen molar-refractivity contribution in [1.82, 2.24) is 19.7 Å². The largest absolute Gasteiger partial charge is 0.330 e.